The van der Waals surface area contributed by atoms with Gasteiger partial charge in [0.25, 0.3) is 0 Å². The fraction of sp³-hybridized carbons (Fsp3) is 0.276. The lowest BCUT2D eigenvalue weighted by atomic mass is 9.90. The van der Waals surface area contributed by atoms with E-state index in [9.17, 15) is 22.4 Å². The molecule has 0 amide bonds. The van der Waals surface area contributed by atoms with E-state index in [-0.39, 0.29) is 23.1 Å². The largest absolute Gasteiger partial charge is 0.488 e. The van der Waals surface area contributed by atoms with Gasteiger partial charge in [0.2, 0.25) is 0 Å². The predicted octanol–water partition coefficient (Wildman–Crippen LogP) is 5.64. The van der Waals surface area contributed by atoms with Gasteiger partial charge < -0.3 is 18.5 Å². The van der Waals surface area contributed by atoms with Crippen molar-refractivity contribution in [2.75, 3.05) is 13.2 Å². The summed E-state index contributed by atoms with van der Waals surface area (Å²) in [5, 5.41) is 11.3. The smallest absolute Gasteiger partial charge is 0.381 e. The SMILES string of the molecule is CC(C)c1cc2c(=O)c3c4ccc(C#N)cc4[nH]c3n(C3CCOCC3)c2cc1-c1cncc(OS(=O)(=O)F)c1. The van der Waals surface area contributed by atoms with Crippen molar-refractivity contribution < 1.29 is 21.2 Å². The van der Waals surface area contributed by atoms with Crippen molar-refractivity contribution in [3.8, 4) is 22.9 Å². The van der Waals surface area contributed by atoms with Gasteiger partial charge in [0.1, 0.15) is 5.65 Å². The fourth-order valence-electron chi connectivity index (χ4n) is 5.68. The number of hydrogen-bond donors (Lipinski definition) is 1. The Hall–Kier alpha value is -4.27. The van der Waals surface area contributed by atoms with Gasteiger partial charge >= 0.3 is 10.5 Å². The van der Waals surface area contributed by atoms with E-state index in [0.717, 1.165) is 35.6 Å². The molecule has 4 heterocycles. The summed E-state index contributed by atoms with van der Waals surface area (Å²) in [6.07, 6.45) is 4.16. The number of nitriles is 1. The lowest BCUT2D eigenvalue weighted by Crippen LogP contribution is -2.22. The topological polar surface area (TPSA) is 127 Å². The van der Waals surface area contributed by atoms with Crippen LogP contribution >= 0.6 is 0 Å². The van der Waals surface area contributed by atoms with Gasteiger partial charge in [-0.15, -0.1) is 0 Å². The second-order valence-corrected chi connectivity index (χ2v) is 11.2. The van der Waals surface area contributed by atoms with Gasteiger partial charge in [-0.3, -0.25) is 9.78 Å². The second-order valence-electron chi connectivity index (χ2n) is 10.3. The molecule has 204 valence electrons. The molecule has 2 aromatic carbocycles. The summed E-state index contributed by atoms with van der Waals surface area (Å²) in [4.78, 5) is 21.6. The summed E-state index contributed by atoms with van der Waals surface area (Å²) in [6, 6.07) is 12.7. The Kier molecular flexibility index (Phi) is 6.32. The van der Waals surface area contributed by atoms with E-state index in [2.05, 4.69) is 24.8 Å². The summed E-state index contributed by atoms with van der Waals surface area (Å²) in [5.41, 5.74) is 4.51. The number of ether oxygens (including phenoxy) is 1. The zero-order valence-electron chi connectivity index (χ0n) is 21.8. The molecule has 6 rings (SSSR count). The van der Waals surface area contributed by atoms with Gasteiger partial charge in [0.05, 0.1) is 28.7 Å². The highest BCUT2D eigenvalue weighted by atomic mass is 32.3. The summed E-state index contributed by atoms with van der Waals surface area (Å²) < 4.78 is 47.7. The monoisotopic (exact) mass is 560 g/mol. The van der Waals surface area contributed by atoms with E-state index in [4.69, 9.17) is 4.74 Å². The van der Waals surface area contributed by atoms with Crippen molar-refractivity contribution in [3.05, 3.63) is 70.1 Å². The summed E-state index contributed by atoms with van der Waals surface area (Å²) >= 11 is 0. The Bertz CT molecular complexity index is 2020. The minimum absolute atomic E-state index is 0.0123. The van der Waals surface area contributed by atoms with Crippen molar-refractivity contribution in [2.24, 2.45) is 0 Å². The highest BCUT2D eigenvalue weighted by Gasteiger charge is 2.25. The van der Waals surface area contributed by atoms with Gasteiger partial charge in [0.15, 0.2) is 11.2 Å². The molecular weight excluding hydrogens is 535 g/mol. The second kappa shape index (κ2) is 9.73. The molecule has 3 aromatic heterocycles. The van der Waals surface area contributed by atoms with Crippen LogP contribution in [0.2, 0.25) is 0 Å². The van der Waals surface area contributed by atoms with Crippen LogP contribution in [-0.4, -0.2) is 36.2 Å². The quantitative estimate of drug-likeness (QED) is 0.276. The number of rotatable bonds is 5. The maximum absolute atomic E-state index is 14.1. The molecule has 1 aliphatic heterocycles. The van der Waals surface area contributed by atoms with Crippen LogP contribution in [0.5, 0.6) is 5.75 Å². The Morgan fingerprint density at radius 2 is 1.93 bits per heavy atom. The highest BCUT2D eigenvalue weighted by molar-refractivity contribution is 7.81. The zero-order valence-corrected chi connectivity index (χ0v) is 22.6. The summed E-state index contributed by atoms with van der Waals surface area (Å²) in [7, 11) is -5.23. The van der Waals surface area contributed by atoms with Gasteiger partial charge in [0, 0.05) is 47.3 Å². The van der Waals surface area contributed by atoms with Crippen LogP contribution in [0.15, 0.2) is 53.6 Å². The van der Waals surface area contributed by atoms with Gasteiger partial charge in [-0.25, -0.2) is 0 Å². The van der Waals surface area contributed by atoms with Crippen molar-refractivity contribution in [2.45, 2.75) is 38.6 Å². The molecule has 0 bridgehead atoms. The lowest BCUT2D eigenvalue weighted by molar-refractivity contribution is 0.0715. The molecule has 1 N–H and O–H groups in total. The standard InChI is InChI=1S/C29H25FN4O5S/c1-16(2)22-11-24-26(12-23(22)18-10-20(15-32-14-18)39-40(30,36)37)34(19-5-7-38-8-6-19)29-27(28(24)35)21-4-3-17(13-31)9-25(21)33-29/h3-4,9-12,14-16,19,33H,5-8H2,1-2H3. The number of nitrogens with one attached hydrogen (secondary N) is 1. The first kappa shape index (κ1) is 26.0. The minimum atomic E-state index is -5.23. The van der Waals surface area contributed by atoms with E-state index < -0.39 is 10.5 Å². The highest BCUT2D eigenvalue weighted by Crippen LogP contribution is 2.38. The maximum atomic E-state index is 14.1. The van der Waals surface area contributed by atoms with Crippen molar-refractivity contribution in [1.29, 1.82) is 5.26 Å². The van der Waals surface area contributed by atoms with E-state index in [1.54, 1.807) is 18.3 Å². The molecule has 0 aliphatic carbocycles. The van der Waals surface area contributed by atoms with Crippen LogP contribution in [0.25, 0.3) is 44.0 Å². The predicted molar refractivity (Wildman–Crippen MR) is 149 cm³/mol. The Labute approximate surface area is 229 Å². The average molecular weight is 561 g/mol. The molecule has 0 saturated carbocycles. The van der Waals surface area contributed by atoms with E-state index in [1.165, 1.54) is 6.07 Å². The Morgan fingerprint density at radius 1 is 1.15 bits per heavy atom. The molecule has 0 spiro atoms. The molecule has 1 saturated heterocycles. The maximum Gasteiger partial charge on any atom is 0.488 e. The third-order valence-electron chi connectivity index (χ3n) is 7.45. The number of halogens is 1. The summed E-state index contributed by atoms with van der Waals surface area (Å²) in [5.74, 6) is -0.266. The normalized spacial score (nSPS) is 14.8. The first-order valence-corrected chi connectivity index (χ1v) is 14.2. The van der Waals surface area contributed by atoms with E-state index in [0.29, 0.717) is 51.8 Å². The molecule has 1 aliphatic rings. The zero-order chi connectivity index (χ0) is 28.2. The van der Waals surface area contributed by atoms with Gasteiger partial charge in [-0.2, -0.15) is 13.7 Å². The average Bonchev–Trinajstić information content (AvgIpc) is 3.31. The van der Waals surface area contributed by atoms with Crippen LogP contribution in [0.3, 0.4) is 0 Å². The molecule has 1 fully saturated rings. The first-order valence-electron chi connectivity index (χ1n) is 12.9. The number of hydrogen-bond acceptors (Lipinski definition) is 7. The third-order valence-corrected chi connectivity index (χ3v) is 7.84. The fourth-order valence-corrected chi connectivity index (χ4v) is 6.00. The molecule has 40 heavy (non-hydrogen) atoms. The lowest BCUT2D eigenvalue weighted by Gasteiger charge is -2.28. The van der Waals surface area contributed by atoms with Crippen molar-refractivity contribution >= 4 is 43.3 Å². The number of H-pyrrole nitrogens is 1. The van der Waals surface area contributed by atoms with Gasteiger partial charge in [-0.1, -0.05) is 23.8 Å². The number of aromatic amines is 1. The number of fused-ring (bicyclic) bond motifs is 4. The van der Waals surface area contributed by atoms with Crippen LogP contribution in [-0.2, 0) is 15.2 Å². The van der Waals surface area contributed by atoms with Gasteiger partial charge in [-0.05, 0) is 60.2 Å². The molecular formula is C29H25FN4O5S. The summed E-state index contributed by atoms with van der Waals surface area (Å²) in [6.45, 7) is 5.15. The van der Waals surface area contributed by atoms with Crippen LogP contribution in [0.1, 0.15) is 49.8 Å². The molecule has 9 nitrogen and oxygen atoms in total. The van der Waals surface area contributed by atoms with Crippen molar-refractivity contribution in [1.82, 2.24) is 14.5 Å². The molecule has 11 heteroatoms. The minimum Gasteiger partial charge on any atom is -0.381 e. The van der Waals surface area contributed by atoms with E-state index >= 15 is 0 Å². The Balaban J connectivity index is 1.71. The number of pyridine rings is 2. The number of nitrogens with zero attached hydrogens (tertiary/aromatic N) is 3. The van der Waals surface area contributed by atoms with Crippen LogP contribution < -0.4 is 9.61 Å². The third kappa shape index (κ3) is 4.49. The first-order chi connectivity index (χ1) is 19.1. The van der Waals surface area contributed by atoms with Crippen LogP contribution in [0, 0.1) is 11.3 Å². The van der Waals surface area contributed by atoms with Crippen LogP contribution in [0.4, 0.5) is 3.89 Å². The molecule has 0 radical (unpaired) electrons. The number of aromatic nitrogens is 3. The van der Waals surface area contributed by atoms with Crippen molar-refractivity contribution in [3.63, 3.8) is 0 Å². The molecule has 5 aromatic rings. The molecule has 0 atom stereocenters. The van der Waals surface area contributed by atoms with E-state index in [1.807, 2.05) is 32.0 Å². The Morgan fingerprint density at radius 3 is 2.62 bits per heavy atom. The number of benzene rings is 2. The molecule has 0 unspecified atom stereocenters.